The van der Waals surface area contributed by atoms with Crippen molar-refractivity contribution in [2.45, 2.75) is 58.4 Å². The van der Waals surface area contributed by atoms with Gasteiger partial charge >= 0.3 is 0 Å². The standard InChI is InChI=1S/C14H27NO3/c1-4-14(9-16,10-17)15-12(18)11-7-5-6-8-13(11,2)3/h11,16-17H,4-10H2,1-3H3,(H,15,18). The van der Waals surface area contributed by atoms with Crippen LogP contribution in [-0.2, 0) is 4.79 Å². The molecule has 0 aliphatic heterocycles. The second-order valence-electron chi connectivity index (χ2n) is 6.23. The van der Waals surface area contributed by atoms with E-state index in [0.29, 0.717) is 6.42 Å². The molecule has 18 heavy (non-hydrogen) atoms. The van der Waals surface area contributed by atoms with Gasteiger partial charge in [0.15, 0.2) is 0 Å². The molecule has 106 valence electrons. The SMILES string of the molecule is CCC(CO)(CO)NC(=O)C1CCCCC1(C)C. The van der Waals surface area contributed by atoms with Gasteiger partial charge in [0.05, 0.1) is 18.8 Å². The van der Waals surface area contributed by atoms with E-state index in [1.54, 1.807) is 0 Å². The Labute approximate surface area is 110 Å². The van der Waals surface area contributed by atoms with Gasteiger partial charge in [-0.15, -0.1) is 0 Å². The minimum absolute atomic E-state index is 0.00667. The van der Waals surface area contributed by atoms with Crippen molar-refractivity contribution < 1.29 is 15.0 Å². The van der Waals surface area contributed by atoms with E-state index < -0.39 is 5.54 Å². The van der Waals surface area contributed by atoms with Crippen molar-refractivity contribution in [1.29, 1.82) is 0 Å². The average Bonchev–Trinajstić information content (AvgIpc) is 2.35. The Balaban J connectivity index is 2.74. The van der Waals surface area contributed by atoms with Crippen LogP contribution in [0.2, 0.25) is 0 Å². The number of aliphatic hydroxyl groups excluding tert-OH is 2. The highest BCUT2D eigenvalue weighted by molar-refractivity contribution is 5.80. The molecule has 1 amide bonds. The van der Waals surface area contributed by atoms with Crippen molar-refractivity contribution in [2.24, 2.45) is 11.3 Å². The molecule has 1 fully saturated rings. The van der Waals surface area contributed by atoms with Crippen LogP contribution in [0.1, 0.15) is 52.9 Å². The molecule has 0 aromatic heterocycles. The molecule has 0 aromatic carbocycles. The molecule has 0 heterocycles. The van der Waals surface area contributed by atoms with E-state index in [-0.39, 0.29) is 30.5 Å². The number of aliphatic hydroxyl groups is 2. The van der Waals surface area contributed by atoms with E-state index in [2.05, 4.69) is 19.2 Å². The highest BCUT2D eigenvalue weighted by atomic mass is 16.3. The van der Waals surface area contributed by atoms with E-state index in [0.717, 1.165) is 19.3 Å². The van der Waals surface area contributed by atoms with E-state index in [1.165, 1.54) is 6.42 Å². The van der Waals surface area contributed by atoms with E-state index in [9.17, 15) is 15.0 Å². The first-order chi connectivity index (χ1) is 8.40. The molecular weight excluding hydrogens is 230 g/mol. The lowest BCUT2D eigenvalue weighted by Gasteiger charge is -2.40. The normalized spacial score (nSPS) is 23.7. The fourth-order valence-corrected chi connectivity index (χ4v) is 2.77. The molecule has 0 spiro atoms. The quantitative estimate of drug-likeness (QED) is 0.698. The summed E-state index contributed by atoms with van der Waals surface area (Å²) < 4.78 is 0. The zero-order valence-electron chi connectivity index (χ0n) is 11.8. The van der Waals surface area contributed by atoms with E-state index in [4.69, 9.17) is 0 Å². The van der Waals surface area contributed by atoms with Crippen LogP contribution in [0.5, 0.6) is 0 Å². The van der Waals surface area contributed by atoms with Crippen molar-refractivity contribution >= 4 is 5.91 Å². The molecule has 4 heteroatoms. The molecule has 1 aliphatic carbocycles. The molecule has 1 saturated carbocycles. The van der Waals surface area contributed by atoms with Gasteiger partial charge in [0, 0.05) is 5.92 Å². The van der Waals surface area contributed by atoms with Gasteiger partial charge in [0.2, 0.25) is 5.91 Å². The lowest BCUT2D eigenvalue weighted by Crippen LogP contribution is -2.57. The second kappa shape index (κ2) is 6.02. The molecular formula is C14H27NO3. The zero-order chi connectivity index (χ0) is 13.8. The van der Waals surface area contributed by atoms with Crippen LogP contribution in [0.4, 0.5) is 0 Å². The Morgan fingerprint density at radius 1 is 1.33 bits per heavy atom. The molecule has 0 radical (unpaired) electrons. The summed E-state index contributed by atoms with van der Waals surface area (Å²) in [4.78, 5) is 12.4. The lowest BCUT2D eigenvalue weighted by molar-refractivity contribution is -0.133. The minimum atomic E-state index is -0.870. The van der Waals surface area contributed by atoms with Crippen LogP contribution in [0.25, 0.3) is 0 Å². The average molecular weight is 257 g/mol. The van der Waals surface area contributed by atoms with E-state index in [1.807, 2.05) is 6.92 Å². The fraction of sp³-hybridized carbons (Fsp3) is 0.929. The van der Waals surface area contributed by atoms with Gasteiger partial charge in [0.1, 0.15) is 0 Å². The summed E-state index contributed by atoms with van der Waals surface area (Å²) in [5, 5.41) is 21.6. The van der Waals surface area contributed by atoms with Crippen molar-refractivity contribution in [1.82, 2.24) is 5.32 Å². The predicted octanol–water partition coefficient (Wildman–Crippen LogP) is 1.45. The molecule has 1 unspecified atom stereocenters. The Morgan fingerprint density at radius 2 is 1.94 bits per heavy atom. The van der Waals surface area contributed by atoms with Crippen molar-refractivity contribution in [3.05, 3.63) is 0 Å². The molecule has 1 rings (SSSR count). The third-order valence-electron chi connectivity index (χ3n) is 4.49. The summed E-state index contributed by atoms with van der Waals surface area (Å²) in [7, 11) is 0. The number of nitrogens with one attached hydrogen (secondary N) is 1. The molecule has 1 aliphatic rings. The number of carbonyl (C=O) groups excluding carboxylic acids is 1. The van der Waals surface area contributed by atoms with Gasteiger partial charge < -0.3 is 15.5 Å². The van der Waals surface area contributed by atoms with Crippen molar-refractivity contribution in [3.63, 3.8) is 0 Å². The number of rotatable bonds is 5. The van der Waals surface area contributed by atoms with Gasteiger partial charge in [0.25, 0.3) is 0 Å². The largest absolute Gasteiger partial charge is 0.394 e. The first-order valence-electron chi connectivity index (χ1n) is 6.94. The molecule has 3 N–H and O–H groups in total. The van der Waals surface area contributed by atoms with Crippen LogP contribution < -0.4 is 5.32 Å². The Bertz CT molecular complexity index is 276. The summed E-state index contributed by atoms with van der Waals surface area (Å²) in [6.07, 6.45) is 4.74. The Kier molecular flexibility index (Phi) is 5.17. The van der Waals surface area contributed by atoms with Gasteiger partial charge in [-0.2, -0.15) is 0 Å². The maximum absolute atomic E-state index is 12.4. The second-order valence-corrected chi connectivity index (χ2v) is 6.23. The molecule has 0 saturated heterocycles. The van der Waals surface area contributed by atoms with E-state index >= 15 is 0 Å². The molecule has 0 aromatic rings. The topological polar surface area (TPSA) is 69.6 Å². The predicted molar refractivity (Wildman–Crippen MR) is 71.1 cm³/mol. The molecule has 4 nitrogen and oxygen atoms in total. The van der Waals surface area contributed by atoms with Crippen LogP contribution in [0, 0.1) is 11.3 Å². The van der Waals surface area contributed by atoms with Gasteiger partial charge in [-0.25, -0.2) is 0 Å². The maximum Gasteiger partial charge on any atom is 0.224 e. The smallest absolute Gasteiger partial charge is 0.224 e. The Hall–Kier alpha value is -0.610. The number of carbonyl (C=O) groups is 1. The summed E-state index contributed by atoms with van der Waals surface area (Å²) >= 11 is 0. The van der Waals surface area contributed by atoms with Gasteiger partial charge in [-0.1, -0.05) is 33.6 Å². The minimum Gasteiger partial charge on any atom is -0.394 e. The highest BCUT2D eigenvalue weighted by Crippen LogP contribution is 2.40. The van der Waals surface area contributed by atoms with Crippen LogP contribution in [0.3, 0.4) is 0 Å². The summed E-state index contributed by atoms with van der Waals surface area (Å²) in [6.45, 7) is 5.67. The van der Waals surface area contributed by atoms with Crippen LogP contribution in [0.15, 0.2) is 0 Å². The van der Waals surface area contributed by atoms with Crippen LogP contribution in [-0.4, -0.2) is 34.9 Å². The number of hydrogen-bond acceptors (Lipinski definition) is 3. The number of hydrogen-bond donors (Lipinski definition) is 3. The monoisotopic (exact) mass is 257 g/mol. The van der Waals surface area contributed by atoms with Gasteiger partial charge in [-0.3, -0.25) is 4.79 Å². The Morgan fingerprint density at radius 3 is 2.39 bits per heavy atom. The third-order valence-corrected chi connectivity index (χ3v) is 4.49. The highest BCUT2D eigenvalue weighted by Gasteiger charge is 2.40. The fourth-order valence-electron chi connectivity index (χ4n) is 2.77. The first kappa shape index (κ1) is 15.4. The summed E-state index contributed by atoms with van der Waals surface area (Å²) in [6, 6.07) is 0. The summed E-state index contributed by atoms with van der Waals surface area (Å²) in [5.41, 5.74) is -0.864. The summed E-state index contributed by atoms with van der Waals surface area (Å²) in [5.74, 6) is -0.0417. The third kappa shape index (κ3) is 3.23. The van der Waals surface area contributed by atoms with Crippen LogP contribution >= 0.6 is 0 Å². The van der Waals surface area contributed by atoms with Crippen molar-refractivity contribution in [2.75, 3.05) is 13.2 Å². The zero-order valence-corrected chi connectivity index (χ0v) is 11.8. The first-order valence-corrected chi connectivity index (χ1v) is 6.94. The number of amides is 1. The molecule has 0 bridgehead atoms. The van der Waals surface area contributed by atoms with Crippen molar-refractivity contribution in [3.8, 4) is 0 Å². The maximum atomic E-state index is 12.4. The van der Waals surface area contributed by atoms with Gasteiger partial charge in [-0.05, 0) is 24.7 Å². The molecule has 1 atom stereocenters. The lowest BCUT2D eigenvalue weighted by atomic mass is 9.68.